The van der Waals surface area contributed by atoms with Crippen molar-refractivity contribution in [2.45, 2.75) is 75.4 Å². The summed E-state index contributed by atoms with van der Waals surface area (Å²) in [5.41, 5.74) is 0. The Morgan fingerprint density at radius 2 is 1.07 bits per heavy atom. The van der Waals surface area contributed by atoms with Crippen molar-refractivity contribution in [1.29, 1.82) is 0 Å². The standard InChI is InChI=1S/C14H25.Al.2H/c1-12(13-8-4-2-5-9-13)14-10-6-3-7-11-14;;;/h13-14H,2-11H2,1H3;;;. The van der Waals surface area contributed by atoms with E-state index in [2.05, 4.69) is 6.92 Å². The third-order valence-corrected chi connectivity index (χ3v) is 6.95. The fraction of sp³-hybridized carbons (Fsp3) is 1.00. The van der Waals surface area contributed by atoms with Gasteiger partial charge in [-0.3, -0.25) is 0 Å². The van der Waals surface area contributed by atoms with Gasteiger partial charge in [-0.1, -0.05) is 75.4 Å². The van der Waals surface area contributed by atoms with Gasteiger partial charge in [0.05, 0.1) is 0 Å². The normalized spacial score (nSPS) is 26.7. The maximum absolute atomic E-state index is 2.63. The molecule has 0 aromatic carbocycles. The van der Waals surface area contributed by atoms with Crippen LogP contribution >= 0.6 is 0 Å². The van der Waals surface area contributed by atoms with E-state index in [4.69, 9.17) is 0 Å². The van der Waals surface area contributed by atoms with Crippen molar-refractivity contribution in [2.24, 2.45) is 11.8 Å². The van der Waals surface area contributed by atoms with Crippen LogP contribution in [0.2, 0.25) is 4.28 Å². The number of hydrogen-bond donors (Lipinski definition) is 0. The second-order valence-corrected chi connectivity index (χ2v) is 8.65. The van der Waals surface area contributed by atoms with Crippen LogP contribution in [-0.2, 0) is 0 Å². The van der Waals surface area contributed by atoms with E-state index in [1.165, 1.54) is 54.8 Å². The van der Waals surface area contributed by atoms with Gasteiger partial charge in [0.2, 0.25) is 16.3 Å². The molecule has 15 heavy (non-hydrogen) atoms. The first-order chi connectivity index (χ1) is 7.21. The van der Waals surface area contributed by atoms with E-state index in [1.54, 1.807) is 25.7 Å². The van der Waals surface area contributed by atoms with Gasteiger partial charge in [-0.05, 0) is 11.8 Å². The Bertz CT molecular complexity index is 166. The molecule has 0 saturated heterocycles. The van der Waals surface area contributed by atoms with Gasteiger partial charge in [0, 0.05) is 0 Å². The van der Waals surface area contributed by atoms with Crippen LogP contribution < -0.4 is 0 Å². The predicted molar refractivity (Wildman–Crippen MR) is 70.1 cm³/mol. The predicted octanol–water partition coefficient (Wildman–Crippen LogP) is 3.96. The van der Waals surface area contributed by atoms with Crippen molar-refractivity contribution < 1.29 is 0 Å². The molecule has 2 aliphatic rings. The van der Waals surface area contributed by atoms with Gasteiger partial charge in [-0.25, -0.2) is 0 Å². The first kappa shape index (κ1) is 12.0. The highest BCUT2D eigenvalue weighted by Gasteiger charge is 2.37. The van der Waals surface area contributed by atoms with Crippen LogP contribution in [0.25, 0.3) is 0 Å². The van der Waals surface area contributed by atoms with E-state index in [-0.39, 0.29) is 0 Å². The largest absolute Gasteiger partial charge is 0.221 e. The van der Waals surface area contributed by atoms with Gasteiger partial charge < -0.3 is 0 Å². The van der Waals surface area contributed by atoms with Crippen LogP contribution in [0.5, 0.6) is 0 Å². The Hall–Kier alpha value is 0.532. The summed E-state index contributed by atoms with van der Waals surface area (Å²) in [5, 5.41) is 0. The molecule has 0 aromatic heterocycles. The van der Waals surface area contributed by atoms with Crippen molar-refractivity contribution >= 4 is 16.3 Å². The van der Waals surface area contributed by atoms with E-state index < -0.39 is 0 Å². The van der Waals surface area contributed by atoms with Crippen LogP contribution in [-0.4, -0.2) is 16.3 Å². The average Bonchev–Trinajstić information content (AvgIpc) is 2.31. The first-order valence-corrected chi connectivity index (χ1v) is 8.21. The molecule has 2 saturated carbocycles. The maximum atomic E-state index is 2.63. The minimum Gasteiger partial charge on any atom is -0.0769 e. The summed E-state index contributed by atoms with van der Waals surface area (Å²) < 4.78 is 0.779. The molecule has 86 valence electrons. The molecule has 0 nitrogen and oxygen atoms in total. The molecule has 0 unspecified atom stereocenters. The SMILES string of the molecule is C[C]([AlH2])(C1CCCCC1)C1CCCCC1. The molecule has 0 aromatic rings. The van der Waals surface area contributed by atoms with E-state index in [0.717, 1.165) is 16.1 Å². The topological polar surface area (TPSA) is 0 Å². The van der Waals surface area contributed by atoms with Gasteiger partial charge in [0.1, 0.15) is 0 Å². The summed E-state index contributed by atoms with van der Waals surface area (Å²) in [4.78, 5) is 0. The monoisotopic (exact) mass is 222 g/mol. The zero-order valence-corrected chi connectivity index (χ0v) is 12.7. The molecule has 0 spiro atoms. The lowest BCUT2D eigenvalue weighted by Gasteiger charge is -2.45. The molecule has 0 N–H and O–H groups in total. The van der Waals surface area contributed by atoms with E-state index in [0.29, 0.717) is 0 Å². The second-order valence-electron chi connectivity index (χ2n) is 6.49. The minimum atomic E-state index is 0.779. The van der Waals surface area contributed by atoms with E-state index in [9.17, 15) is 0 Å². The molecule has 2 rings (SSSR count). The lowest BCUT2D eigenvalue weighted by Crippen LogP contribution is -2.32. The number of rotatable bonds is 2. The maximum Gasteiger partial charge on any atom is 0.221 e. The molecule has 0 heterocycles. The van der Waals surface area contributed by atoms with Crippen molar-refractivity contribution in [3.63, 3.8) is 0 Å². The second kappa shape index (κ2) is 5.24. The van der Waals surface area contributed by atoms with Crippen LogP contribution in [0.3, 0.4) is 0 Å². The van der Waals surface area contributed by atoms with Gasteiger partial charge in [-0.15, -0.1) is 0 Å². The molecule has 2 aliphatic carbocycles. The zero-order chi connectivity index (χ0) is 10.7. The molecule has 1 heteroatoms. The zero-order valence-electron chi connectivity index (χ0n) is 10.7. The van der Waals surface area contributed by atoms with E-state index in [1.807, 2.05) is 0 Å². The summed E-state index contributed by atoms with van der Waals surface area (Å²) in [6, 6.07) is 0. The van der Waals surface area contributed by atoms with Crippen molar-refractivity contribution in [3.05, 3.63) is 0 Å². The van der Waals surface area contributed by atoms with Crippen LogP contribution in [0.4, 0.5) is 0 Å². The van der Waals surface area contributed by atoms with Crippen LogP contribution in [0, 0.1) is 11.8 Å². The highest BCUT2D eigenvalue weighted by molar-refractivity contribution is 6.15. The Morgan fingerprint density at radius 3 is 1.40 bits per heavy atom. The highest BCUT2D eigenvalue weighted by Crippen LogP contribution is 2.51. The summed E-state index contributed by atoms with van der Waals surface area (Å²) in [5.74, 6) is 2.20. The smallest absolute Gasteiger partial charge is 0.0769 e. The Morgan fingerprint density at radius 1 is 0.733 bits per heavy atom. The van der Waals surface area contributed by atoms with Crippen LogP contribution in [0.15, 0.2) is 0 Å². The van der Waals surface area contributed by atoms with Gasteiger partial charge in [-0.2, -0.15) is 0 Å². The molecular weight excluding hydrogens is 195 g/mol. The Kier molecular flexibility index (Phi) is 4.19. The molecule has 0 amide bonds. The highest BCUT2D eigenvalue weighted by atomic mass is 27.0. The van der Waals surface area contributed by atoms with Gasteiger partial charge >= 0.3 is 0 Å². The molecule has 0 radical (unpaired) electrons. The fourth-order valence-electron chi connectivity index (χ4n) is 4.03. The minimum absolute atomic E-state index is 0.779. The third-order valence-electron chi connectivity index (χ3n) is 5.31. The van der Waals surface area contributed by atoms with E-state index >= 15 is 0 Å². The van der Waals surface area contributed by atoms with Crippen molar-refractivity contribution in [3.8, 4) is 0 Å². The van der Waals surface area contributed by atoms with Crippen molar-refractivity contribution in [1.82, 2.24) is 0 Å². The van der Waals surface area contributed by atoms with Crippen LogP contribution in [0.1, 0.15) is 71.1 Å². The lowest BCUT2D eigenvalue weighted by molar-refractivity contribution is 0.175. The summed E-state index contributed by atoms with van der Waals surface area (Å²) in [6.45, 7) is 2.63. The van der Waals surface area contributed by atoms with Gasteiger partial charge in [0.15, 0.2) is 0 Å². The number of hydrogen-bond acceptors (Lipinski definition) is 0. The third kappa shape index (κ3) is 2.80. The van der Waals surface area contributed by atoms with Crippen molar-refractivity contribution in [2.75, 3.05) is 0 Å². The Labute approximate surface area is 104 Å². The molecule has 0 atom stereocenters. The lowest BCUT2D eigenvalue weighted by atomic mass is 9.69. The fourth-order valence-corrected chi connectivity index (χ4v) is 5.18. The molecule has 0 aliphatic heterocycles. The summed E-state index contributed by atoms with van der Waals surface area (Å²) in [6.07, 6.45) is 15.3. The molecular formula is C14H27Al. The summed E-state index contributed by atoms with van der Waals surface area (Å²) in [7, 11) is 0. The molecule has 0 bridgehead atoms. The Balaban J connectivity index is 1.96. The molecule has 2 fully saturated rings. The average molecular weight is 222 g/mol. The summed E-state index contributed by atoms with van der Waals surface area (Å²) >= 11 is 1.43. The van der Waals surface area contributed by atoms with Gasteiger partial charge in [0.25, 0.3) is 0 Å². The quantitative estimate of drug-likeness (QED) is 0.620. The first-order valence-electron chi connectivity index (χ1n) is 7.21.